The van der Waals surface area contributed by atoms with E-state index in [4.69, 9.17) is 10.2 Å². The first-order chi connectivity index (χ1) is 17.8. The van der Waals surface area contributed by atoms with Crippen molar-refractivity contribution in [3.8, 4) is 32.5 Å². The molecule has 0 aliphatic carbocycles. The lowest BCUT2D eigenvalue weighted by molar-refractivity contribution is 0.901. The van der Waals surface area contributed by atoms with Crippen LogP contribution in [0.15, 0.2) is 118 Å². The molecule has 174 valence electrons. The van der Waals surface area contributed by atoms with Crippen molar-refractivity contribution in [3.05, 3.63) is 119 Å². The van der Waals surface area contributed by atoms with E-state index >= 15 is 0 Å². The van der Waals surface area contributed by atoms with Gasteiger partial charge in [-0.05, 0) is 35.0 Å². The van der Waals surface area contributed by atoms with Gasteiger partial charge in [0, 0.05) is 34.6 Å². The molecule has 0 N–H and O–H groups in total. The second kappa shape index (κ2) is 10.1. The minimum Gasteiger partial charge on any atom is -0.230 e. The van der Waals surface area contributed by atoms with Gasteiger partial charge in [0.2, 0.25) is 0 Å². The Balaban J connectivity index is 1.33. The first kappa shape index (κ1) is 22.1. The Hall–Kier alpha value is -4.40. The van der Waals surface area contributed by atoms with Crippen LogP contribution in [0.4, 0.5) is 0 Å². The highest BCUT2D eigenvalue weighted by Crippen LogP contribution is 2.25. The standard InChI is InChI=1S/C28H20N6S2/c1-3-9-21(10-4-1)27-23(19-33(31-27)25-13-7-15-35-25)17-29-30-18-24-20-34(26-14-8-16-36-26)32-28(24)22-11-5-2-6-12-22/h1-20H/b29-17+,30-18+. The molecule has 6 aromatic rings. The van der Waals surface area contributed by atoms with Crippen LogP contribution in [0.3, 0.4) is 0 Å². The van der Waals surface area contributed by atoms with E-state index in [-0.39, 0.29) is 0 Å². The minimum atomic E-state index is 0.860. The third-order valence-corrected chi connectivity index (χ3v) is 7.22. The molecule has 0 saturated heterocycles. The van der Waals surface area contributed by atoms with Crippen LogP contribution in [0.25, 0.3) is 32.5 Å². The number of thiophene rings is 2. The number of hydrogen-bond acceptors (Lipinski definition) is 6. The summed E-state index contributed by atoms with van der Waals surface area (Å²) in [5.41, 5.74) is 5.56. The lowest BCUT2D eigenvalue weighted by Crippen LogP contribution is -1.90. The average molecular weight is 505 g/mol. The van der Waals surface area contributed by atoms with Gasteiger partial charge in [-0.1, -0.05) is 60.7 Å². The van der Waals surface area contributed by atoms with Crippen molar-refractivity contribution < 1.29 is 0 Å². The molecule has 36 heavy (non-hydrogen) atoms. The summed E-state index contributed by atoms with van der Waals surface area (Å²) in [6.07, 6.45) is 7.47. The summed E-state index contributed by atoms with van der Waals surface area (Å²) in [6, 6.07) is 28.3. The van der Waals surface area contributed by atoms with E-state index in [1.807, 2.05) is 117 Å². The van der Waals surface area contributed by atoms with Gasteiger partial charge in [-0.2, -0.15) is 20.4 Å². The molecule has 8 heteroatoms. The van der Waals surface area contributed by atoms with Gasteiger partial charge in [0.15, 0.2) is 0 Å². The molecule has 0 aliphatic heterocycles. The topological polar surface area (TPSA) is 60.4 Å². The lowest BCUT2D eigenvalue weighted by atomic mass is 10.1. The number of nitrogens with zero attached hydrogens (tertiary/aromatic N) is 6. The van der Waals surface area contributed by atoms with Gasteiger partial charge < -0.3 is 0 Å². The second-order valence-electron chi connectivity index (χ2n) is 7.88. The Labute approximate surface area is 216 Å². The molecule has 0 bridgehead atoms. The number of aromatic nitrogens is 4. The van der Waals surface area contributed by atoms with Crippen LogP contribution >= 0.6 is 22.7 Å². The van der Waals surface area contributed by atoms with E-state index in [9.17, 15) is 0 Å². The Morgan fingerprint density at radius 1 is 0.556 bits per heavy atom. The van der Waals surface area contributed by atoms with Gasteiger partial charge in [-0.3, -0.25) is 0 Å². The largest absolute Gasteiger partial charge is 0.230 e. The van der Waals surface area contributed by atoms with Crippen molar-refractivity contribution in [3.63, 3.8) is 0 Å². The summed E-state index contributed by atoms with van der Waals surface area (Å²) in [6.45, 7) is 0. The van der Waals surface area contributed by atoms with Crippen molar-refractivity contribution in [2.24, 2.45) is 10.2 Å². The van der Waals surface area contributed by atoms with Gasteiger partial charge in [-0.25, -0.2) is 9.36 Å². The molecule has 0 unspecified atom stereocenters. The third-order valence-electron chi connectivity index (χ3n) is 5.50. The smallest absolute Gasteiger partial charge is 0.117 e. The maximum atomic E-state index is 4.82. The summed E-state index contributed by atoms with van der Waals surface area (Å²) >= 11 is 3.27. The molecule has 4 heterocycles. The van der Waals surface area contributed by atoms with E-state index in [0.29, 0.717) is 0 Å². The van der Waals surface area contributed by atoms with Crippen molar-refractivity contribution in [2.45, 2.75) is 0 Å². The molecule has 0 aliphatic rings. The van der Waals surface area contributed by atoms with Gasteiger partial charge in [-0.15, -0.1) is 22.7 Å². The van der Waals surface area contributed by atoms with Crippen LogP contribution in [-0.2, 0) is 0 Å². The first-order valence-corrected chi connectivity index (χ1v) is 13.1. The third kappa shape index (κ3) is 4.59. The molecule has 2 aromatic carbocycles. The second-order valence-corrected chi connectivity index (χ2v) is 9.73. The fourth-order valence-corrected chi connectivity index (χ4v) is 5.13. The Kier molecular flexibility index (Phi) is 6.18. The van der Waals surface area contributed by atoms with E-state index in [1.54, 1.807) is 35.1 Å². The quantitative estimate of drug-likeness (QED) is 0.174. The predicted molar refractivity (Wildman–Crippen MR) is 149 cm³/mol. The summed E-state index contributed by atoms with van der Waals surface area (Å²) in [7, 11) is 0. The van der Waals surface area contributed by atoms with E-state index in [2.05, 4.69) is 10.2 Å². The SMILES string of the molecule is C(=N\N=C\c1cn(-c2cccs2)nc1-c1ccccc1)/c1cn(-c2cccs2)nc1-c1ccccc1. The monoisotopic (exact) mass is 504 g/mol. The van der Waals surface area contributed by atoms with E-state index in [1.165, 1.54) is 0 Å². The zero-order chi connectivity index (χ0) is 24.2. The first-order valence-electron chi connectivity index (χ1n) is 11.3. The normalized spacial score (nSPS) is 11.7. The highest BCUT2D eigenvalue weighted by atomic mass is 32.1. The molecule has 6 rings (SSSR count). The molecule has 6 nitrogen and oxygen atoms in total. The van der Waals surface area contributed by atoms with Gasteiger partial charge >= 0.3 is 0 Å². The molecule has 0 saturated carbocycles. The molecular formula is C28H20N6S2. The number of hydrogen-bond donors (Lipinski definition) is 0. The summed E-state index contributed by atoms with van der Waals surface area (Å²) in [5, 5.41) is 24.6. The van der Waals surface area contributed by atoms with Crippen LogP contribution in [0.2, 0.25) is 0 Å². The molecule has 0 radical (unpaired) electrons. The van der Waals surface area contributed by atoms with Crippen LogP contribution in [-0.4, -0.2) is 32.0 Å². The molecule has 4 aromatic heterocycles. The molecule has 0 fully saturated rings. The number of benzene rings is 2. The molecule has 0 amide bonds. The minimum absolute atomic E-state index is 0.860. The fourth-order valence-electron chi connectivity index (χ4n) is 3.82. The fraction of sp³-hybridized carbons (Fsp3) is 0. The predicted octanol–water partition coefficient (Wildman–Crippen LogP) is 6.97. The van der Waals surface area contributed by atoms with Crippen molar-refractivity contribution in [1.29, 1.82) is 0 Å². The summed E-state index contributed by atoms with van der Waals surface area (Å²) in [5.74, 6) is 0. The zero-order valence-electron chi connectivity index (χ0n) is 19.0. The molecule has 0 atom stereocenters. The van der Waals surface area contributed by atoms with Gasteiger partial charge in [0.25, 0.3) is 0 Å². The van der Waals surface area contributed by atoms with Crippen molar-refractivity contribution >= 4 is 35.1 Å². The highest BCUT2D eigenvalue weighted by molar-refractivity contribution is 7.12. The molecular weight excluding hydrogens is 484 g/mol. The maximum absolute atomic E-state index is 4.82. The molecule has 0 spiro atoms. The van der Waals surface area contributed by atoms with Gasteiger partial charge in [0.05, 0.1) is 12.4 Å². The van der Waals surface area contributed by atoms with E-state index < -0.39 is 0 Å². The van der Waals surface area contributed by atoms with Crippen molar-refractivity contribution in [1.82, 2.24) is 19.6 Å². The summed E-state index contributed by atoms with van der Waals surface area (Å²) in [4.78, 5) is 0. The Morgan fingerprint density at radius 2 is 1.00 bits per heavy atom. The van der Waals surface area contributed by atoms with Crippen LogP contribution in [0.5, 0.6) is 0 Å². The van der Waals surface area contributed by atoms with Crippen LogP contribution < -0.4 is 0 Å². The summed E-state index contributed by atoms with van der Waals surface area (Å²) < 4.78 is 3.77. The number of rotatable bonds is 7. The van der Waals surface area contributed by atoms with Gasteiger partial charge in [0.1, 0.15) is 21.4 Å². The van der Waals surface area contributed by atoms with E-state index in [0.717, 1.165) is 43.6 Å². The van der Waals surface area contributed by atoms with Crippen molar-refractivity contribution in [2.75, 3.05) is 0 Å². The van der Waals surface area contributed by atoms with Crippen LogP contribution in [0, 0.1) is 0 Å². The highest BCUT2D eigenvalue weighted by Gasteiger charge is 2.13. The average Bonchev–Trinajstić information content (AvgIpc) is 3.74. The Bertz CT molecular complexity index is 1490. The van der Waals surface area contributed by atoms with Crippen LogP contribution in [0.1, 0.15) is 11.1 Å². The maximum Gasteiger partial charge on any atom is 0.117 e. The lowest BCUT2D eigenvalue weighted by Gasteiger charge is -1.98. The zero-order valence-corrected chi connectivity index (χ0v) is 20.7. The Morgan fingerprint density at radius 3 is 1.39 bits per heavy atom.